The minimum Gasteiger partial charge on any atom is -0.495 e. The van der Waals surface area contributed by atoms with Gasteiger partial charge in [0.25, 0.3) is 5.91 Å². The van der Waals surface area contributed by atoms with Crippen molar-refractivity contribution in [1.29, 1.82) is 0 Å². The maximum absolute atomic E-state index is 12.1. The lowest BCUT2D eigenvalue weighted by molar-refractivity contribution is 0.102. The van der Waals surface area contributed by atoms with E-state index in [-0.39, 0.29) is 10.8 Å². The van der Waals surface area contributed by atoms with E-state index >= 15 is 0 Å². The second-order valence-corrected chi connectivity index (χ2v) is 5.19. The number of carbonyl (C=O) groups is 1. The molecule has 5 nitrogen and oxygen atoms in total. The quantitative estimate of drug-likeness (QED) is 0.915. The topological polar surface area (TPSA) is 71.2 Å². The van der Waals surface area contributed by atoms with Crippen LogP contribution in [-0.2, 0) is 0 Å². The first-order chi connectivity index (χ1) is 9.01. The molecule has 0 bridgehead atoms. The number of aromatic amines is 1. The highest BCUT2D eigenvalue weighted by atomic mass is 35.5. The molecule has 1 amide bonds. The highest BCUT2D eigenvalue weighted by Crippen LogP contribution is 2.28. The molecule has 2 aromatic rings. The number of aromatic nitrogens is 1. The summed E-state index contributed by atoms with van der Waals surface area (Å²) in [4.78, 5) is 25.9. The number of hydrogen-bond donors (Lipinski definition) is 2. The zero-order valence-corrected chi connectivity index (χ0v) is 11.8. The average molecular weight is 299 g/mol. The summed E-state index contributed by atoms with van der Waals surface area (Å²) in [6.07, 6.45) is 0. The predicted molar refractivity (Wildman–Crippen MR) is 75.6 cm³/mol. The van der Waals surface area contributed by atoms with Crippen molar-refractivity contribution in [2.75, 3.05) is 12.4 Å². The highest BCUT2D eigenvalue weighted by molar-refractivity contribution is 7.11. The Morgan fingerprint density at radius 3 is 2.79 bits per heavy atom. The number of amides is 1. The van der Waals surface area contributed by atoms with Crippen LogP contribution in [0.25, 0.3) is 0 Å². The molecule has 1 heterocycles. The Labute approximate surface area is 118 Å². The number of benzene rings is 1. The number of halogens is 1. The smallest absolute Gasteiger partial charge is 0.305 e. The second kappa shape index (κ2) is 5.46. The van der Waals surface area contributed by atoms with Crippen LogP contribution in [0.15, 0.2) is 23.0 Å². The number of nitrogens with one attached hydrogen (secondary N) is 2. The van der Waals surface area contributed by atoms with Gasteiger partial charge in [0.1, 0.15) is 10.6 Å². The molecule has 0 fully saturated rings. The van der Waals surface area contributed by atoms with Gasteiger partial charge >= 0.3 is 4.87 Å². The van der Waals surface area contributed by atoms with E-state index in [1.807, 2.05) is 0 Å². The van der Waals surface area contributed by atoms with E-state index < -0.39 is 0 Å². The number of anilines is 1. The summed E-state index contributed by atoms with van der Waals surface area (Å²) in [6.45, 7) is 1.67. The molecule has 0 aliphatic heterocycles. The summed E-state index contributed by atoms with van der Waals surface area (Å²) >= 11 is 6.74. The van der Waals surface area contributed by atoms with Gasteiger partial charge < -0.3 is 15.0 Å². The van der Waals surface area contributed by atoms with E-state index in [0.717, 1.165) is 11.3 Å². The molecule has 2 N–H and O–H groups in total. The Morgan fingerprint density at radius 2 is 2.21 bits per heavy atom. The maximum atomic E-state index is 12.1. The van der Waals surface area contributed by atoms with Gasteiger partial charge in [-0.05, 0) is 25.1 Å². The Bertz CT molecular complexity index is 678. The standard InChI is InChI=1S/C12H11ClN2O3S/c1-6-10(19-12(17)14-6)11(16)15-8-5-7(13)3-4-9(8)18-2/h3-5H,1-2H3,(H,14,17)(H,15,16). The Balaban J connectivity index is 2.31. The molecule has 0 saturated carbocycles. The zero-order chi connectivity index (χ0) is 14.0. The van der Waals surface area contributed by atoms with E-state index in [1.165, 1.54) is 7.11 Å². The third-order valence-corrected chi connectivity index (χ3v) is 3.66. The number of rotatable bonds is 3. The number of H-pyrrole nitrogens is 1. The molecule has 0 spiro atoms. The van der Waals surface area contributed by atoms with Gasteiger partial charge in [-0.3, -0.25) is 9.59 Å². The van der Waals surface area contributed by atoms with Crippen LogP contribution in [0.2, 0.25) is 5.02 Å². The largest absolute Gasteiger partial charge is 0.495 e. The van der Waals surface area contributed by atoms with Crippen LogP contribution in [0.3, 0.4) is 0 Å². The molecule has 0 atom stereocenters. The van der Waals surface area contributed by atoms with Crippen LogP contribution < -0.4 is 14.9 Å². The van der Waals surface area contributed by atoms with Crippen LogP contribution in [0, 0.1) is 6.92 Å². The number of methoxy groups -OCH3 is 1. The van der Waals surface area contributed by atoms with Crippen molar-refractivity contribution in [3.8, 4) is 5.75 Å². The van der Waals surface area contributed by atoms with Crippen molar-refractivity contribution < 1.29 is 9.53 Å². The van der Waals surface area contributed by atoms with E-state index in [4.69, 9.17) is 16.3 Å². The first-order valence-electron chi connectivity index (χ1n) is 5.36. The number of ether oxygens (including phenoxy) is 1. The molecule has 1 aromatic carbocycles. The molecule has 19 heavy (non-hydrogen) atoms. The number of hydrogen-bond acceptors (Lipinski definition) is 4. The summed E-state index contributed by atoms with van der Waals surface area (Å²) in [5, 5.41) is 3.16. The van der Waals surface area contributed by atoms with Crippen molar-refractivity contribution in [1.82, 2.24) is 4.98 Å². The molecule has 0 saturated heterocycles. The van der Waals surface area contributed by atoms with Crippen molar-refractivity contribution in [3.63, 3.8) is 0 Å². The Kier molecular flexibility index (Phi) is 3.92. The van der Waals surface area contributed by atoms with Gasteiger partial charge in [0, 0.05) is 10.7 Å². The molecule has 1 aromatic heterocycles. The average Bonchev–Trinajstić information content (AvgIpc) is 2.69. The molecular weight excluding hydrogens is 288 g/mol. The molecule has 100 valence electrons. The molecule has 7 heteroatoms. The highest BCUT2D eigenvalue weighted by Gasteiger charge is 2.15. The summed E-state index contributed by atoms with van der Waals surface area (Å²) in [6, 6.07) is 4.91. The lowest BCUT2D eigenvalue weighted by Gasteiger charge is -2.09. The fourth-order valence-electron chi connectivity index (χ4n) is 1.58. The van der Waals surface area contributed by atoms with E-state index in [2.05, 4.69) is 10.3 Å². The second-order valence-electron chi connectivity index (χ2n) is 3.77. The van der Waals surface area contributed by atoms with Crippen molar-refractivity contribution in [2.24, 2.45) is 0 Å². The van der Waals surface area contributed by atoms with Crippen molar-refractivity contribution in [2.45, 2.75) is 6.92 Å². The minimum atomic E-state index is -0.374. The van der Waals surface area contributed by atoms with Crippen LogP contribution in [-0.4, -0.2) is 18.0 Å². The van der Waals surface area contributed by atoms with Gasteiger partial charge in [-0.15, -0.1) is 0 Å². The van der Waals surface area contributed by atoms with Crippen molar-refractivity contribution >= 4 is 34.5 Å². The van der Waals surface area contributed by atoms with Crippen LogP contribution in [0.4, 0.5) is 5.69 Å². The van der Waals surface area contributed by atoms with Gasteiger partial charge in [-0.25, -0.2) is 0 Å². The maximum Gasteiger partial charge on any atom is 0.305 e. The fourth-order valence-corrected chi connectivity index (χ4v) is 2.49. The van der Waals surface area contributed by atoms with Gasteiger partial charge in [0.2, 0.25) is 0 Å². The zero-order valence-electron chi connectivity index (χ0n) is 10.2. The third-order valence-electron chi connectivity index (χ3n) is 2.44. The first kappa shape index (κ1) is 13.6. The lowest BCUT2D eigenvalue weighted by Crippen LogP contribution is -2.12. The molecule has 0 unspecified atom stereocenters. The van der Waals surface area contributed by atoms with Crippen LogP contribution in [0.1, 0.15) is 15.4 Å². The summed E-state index contributed by atoms with van der Waals surface area (Å²) < 4.78 is 5.13. The molecule has 2 rings (SSSR count). The van der Waals surface area contributed by atoms with E-state index in [0.29, 0.717) is 27.0 Å². The van der Waals surface area contributed by atoms with Crippen molar-refractivity contribution in [3.05, 3.63) is 43.5 Å². The minimum absolute atomic E-state index is 0.263. The van der Waals surface area contributed by atoms with Crippen LogP contribution >= 0.6 is 22.9 Å². The molecule has 0 radical (unpaired) electrons. The monoisotopic (exact) mass is 298 g/mol. The molecule has 0 aliphatic carbocycles. The summed E-state index contributed by atoms with van der Waals surface area (Å²) in [5.74, 6) is 0.125. The third kappa shape index (κ3) is 2.97. The number of aryl methyl sites for hydroxylation is 1. The number of carbonyl (C=O) groups excluding carboxylic acids is 1. The summed E-state index contributed by atoms with van der Waals surface area (Å²) in [5.41, 5.74) is 0.994. The Hall–Kier alpha value is -1.79. The normalized spacial score (nSPS) is 10.3. The van der Waals surface area contributed by atoms with Gasteiger partial charge in [0.05, 0.1) is 12.8 Å². The van der Waals surface area contributed by atoms with Gasteiger partial charge in [-0.1, -0.05) is 22.9 Å². The van der Waals surface area contributed by atoms with Gasteiger partial charge in [-0.2, -0.15) is 0 Å². The van der Waals surface area contributed by atoms with Gasteiger partial charge in [0.15, 0.2) is 0 Å². The molecular formula is C12H11ClN2O3S. The van der Waals surface area contributed by atoms with E-state index in [1.54, 1.807) is 25.1 Å². The SMILES string of the molecule is COc1ccc(Cl)cc1NC(=O)c1sc(=O)[nH]c1C. The lowest BCUT2D eigenvalue weighted by atomic mass is 10.2. The van der Waals surface area contributed by atoms with E-state index in [9.17, 15) is 9.59 Å². The number of thiazole rings is 1. The molecule has 0 aliphatic rings. The Morgan fingerprint density at radius 1 is 1.47 bits per heavy atom. The predicted octanol–water partition coefficient (Wildman–Crippen LogP) is 2.66. The summed E-state index contributed by atoms with van der Waals surface area (Å²) in [7, 11) is 1.50. The van der Waals surface area contributed by atoms with Crippen LogP contribution in [0.5, 0.6) is 5.75 Å². The fraction of sp³-hybridized carbons (Fsp3) is 0.167. The first-order valence-corrected chi connectivity index (χ1v) is 6.55.